The van der Waals surface area contributed by atoms with E-state index < -0.39 is 0 Å². The highest BCUT2D eigenvalue weighted by molar-refractivity contribution is 5.88. The van der Waals surface area contributed by atoms with Crippen LogP contribution in [-0.4, -0.2) is 29.8 Å². The smallest absolute Gasteiger partial charge is 0.142 e. The van der Waals surface area contributed by atoms with Crippen LogP contribution in [0.15, 0.2) is 0 Å². The Morgan fingerprint density at radius 1 is 1.28 bits per heavy atom. The van der Waals surface area contributed by atoms with Crippen molar-refractivity contribution in [2.75, 3.05) is 13.1 Å². The van der Waals surface area contributed by atoms with Crippen molar-refractivity contribution in [3.63, 3.8) is 0 Å². The minimum absolute atomic E-state index is 0.0576. The predicted octanol–water partition coefficient (Wildman–Crippen LogP) is 3.50. The van der Waals surface area contributed by atoms with E-state index in [4.69, 9.17) is 0 Å². The lowest BCUT2D eigenvalue weighted by molar-refractivity contribution is -0.128. The summed E-state index contributed by atoms with van der Waals surface area (Å²) in [6.07, 6.45) is 6.15. The Labute approximate surface area is 112 Å². The van der Waals surface area contributed by atoms with Crippen LogP contribution in [0.3, 0.4) is 0 Å². The first-order chi connectivity index (χ1) is 8.40. The summed E-state index contributed by atoms with van der Waals surface area (Å²) < 4.78 is 0. The van der Waals surface area contributed by atoms with Crippen LogP contribution in [0.2, 0.25) is 0 Å². The zero-order valence-corrected chi connectivity index (χ0v) is 12.5. The fourth-order valence-corrected chi connectivity index (χ4v) is 3.09. The van der Waals surface area contributed by atoms with Crippen LogP contribution in [0.4, 0.5) is 0 Å². The maximum absolute atomic E-state index is 12.3. The third kappa shape index (κ3) is 3.34. The lowest BCUT2D eigenvalue weighted by Crippen LogP contribution is -2.36. The fraction of sp³-hybridized carbons (Fsp3) is 0.938. The third-order valence-electron chi connectivity index (χ3n) is 4.67. The molecule has 0 aromatic heterocycles. The van der Waals surface area contributed by atoms with E-state index in [9.17, 15) is 4.79 Å². The summed E-state index contributed by atoms with van der Waals surface area (Å²) in [7, 11) is 0. The van der Waals surface area contributed by atoms with E-state index in [1.165, 1.54) is 25.8 Å². The van der Waals surface area contributed by atoms with Crippen LogP contribution < -0.4 is 0 Å². The molecule has 0 amide bonds. The van der Waals surface area contributed by atoms with E-state index >= 15 is 0 Å². The summed E-state index contributed by atoms with van der Waals surface area (Å²) in [5.74, 6) is 1.59. The molecule has 1 atom stereocenters. The molecule has 0 heterocycles. The van der Waals surface area contributed by atoms with Gasteiger partial charge in [-0.15, -0.1) is 0 Å². The van der Waals surface area contributed by atoms with Crippen molar-refractivity contribution in [2.45, 2.75) is 65.8 Å². The molecule has 0 N–H and O–H groups in total. The Kier molecular flexibility index (Phi) is 4.15. The van der Waals surface area contributed by atoms with Crippen molar-refractivity contribution in [1.29, 1.82) is 0 Å². The topological polar surface area (TPSA) is 20.3 Å². The van der Waals surface area contributed by atoms with Crippen molar-refractivity contribution >= 4 is 5.78 Å². The molecule has 0 aromatic rings. The number of Topliss-reactive ketones (excluding diaryl/α,β-unsaturated/α-hetero) is 1. The molecule has 2 rings (SSSR count). The van der Waals surface area contributed by atoms with Crippen molar-refractivity contribution in [3.05, 3.63) is 0 Å². The van der Waals surface area contributed by atoms with Gasteiger partial charge >= 0.3 is 0 Å². The zero-order valence-electron chi connectivity index (χ0n) is 12.5. The van der Waals surface area contributed by atoms with Crippen molar-refractivity contribution < 1.29 is 4.79 Å². The normalized spacial score (nSPS) is 27.4. The first-order valence-corrected chi connectivity index (χ1v) is 7.68. The zero-order chi connectivity index (χ0) is 13.3. The average Bonchev–Trinajstić information content (AvgIpc) is 3.07. The minimum Gasteiger partial charge on any atom is -0.300 e. The molecule has 0 saturated heterocycles. The Hall–Kier alpha value is -0.370. The van der Waals surface area contributed by atoms with Gasteiger partial charge < -0.3 is 0 Å². The largest absolute Gasteiger partial charge is 0.300 e. The van der Waals surface area contributed by atoms with Gasteiger partial charge in [0, 0.05) is 23.9 Å². The van der Waals surface area contributed by atoms with Crippen molar-refractivity contribution in [3.8, 4) is 0 Å². The number of hydrogen-bond acceptors (Lipinski definition) is 2. The standard InChI is InChI=1S/C16H29NO/c1-12(2)8-10-17(14-5-6-14)11-13-7-9-16(3,4)15(13)18/h12-14H,5-11H2,1-4H3. The summed E-state index contributed by atoms with van der Waals surface area (Å²) in [5, 5.41) is 0. The minimum atomic E-state index is -0.0576. The lowest BCUT2D eigenvalue weighted by atomic mass is 9.89. The number of ketones is 1. The number of carbonyl (C=O) groups excluding carboxylic acids is 1. The molecule has 2 saturated carbocycles. The first kappa shape index (κ1) is 14.0. The molecule has 0 radical (unpaired) electrons. The van der Waals surface area contributed by atoms with Gasteiger partial charge in [-0.2, -0.15) is 0 Å². The highest BCUT2D eigenvalue weighted by Gasteiger charge is 2.42. The van der Waals surface area contributed by atoms with Crippen LogP contribution in [0.1, 0.15) is 59.8 Å². The van der Waals surface area contributed by atoms with E-state index in [1.807, 2.05) is 0 Å². The van der Waals surface area contributed by atoms with E-state index in [0.29, 0.717) is 11.7 Å². The monoisotopic (exact) mass is 251 g/mol. The quantitative estimate of drug-likeness (QED) is 0.720. The molecule has 2 aliphatic carbocycles. The third-order valence-corrected chi connectivity index (χ3v) is 4.67. The van der Waals surface area contributed by atoms with Crippen LogP contribution in [-0.2, 0) is 4.79 Å². The molecular weight excluding hydrogens is 222 g/mol. The predicted molar refractivity (Wildman–Crippen MR) is 75.6 cm³/mol. The maximum atomic E-state index is 12.3. The summed E-state index contributed by atoms with van der Waals surface area (Å²) >= 11 is 0. The van der Waals surface area contributed by atoms with Gasteiger partial charge in [-0.25, -0.2) is 0 Å². The fourth-order valence-electron chi connectivity index (χ4n) is 3.09. The molecule has 104 valence electrons. The molecule has 2 aliphatic rings. The van der Waals surface area contributed by atoms with Gasteiger partial charge in [0.25, 0.3) is 0 Å². The Bertz CT molecular complexity index is 304. The highest BCUT2D eigenvalue weighted by atomic mass is 16.1. The number of rotatable bonds is 6. The van der Waals surface area contributed by atoms with E-state index in [2.05, 4.69) is 32.6 Å². The van der Waals surface area contributed by atoms with Gasteiger partial charge in [0.1, 0.15) is 5.78 Å². The molecule has 2 heteroatoms. The Morgan fingerprint density at radius 2 is 1.94 bits per heavy atom. The summed E-state index contributed by atoms with van der Waals surface area (Å²) in [6.45, 7) is 11.0. The molecule has 0 aromatic carbocycles. The number of nitrogens with zero attached hydrogens (tertiary/aromatic N) is 1. The first-order valence-electron chi connectivity index (χ1n) is 7.68. The second-order valence-electron chi connectivity index (χ2n) is 7.39. The summed E-state index contributed by atoms with van der Waals surface area (Å²) in [4.78, 5) is 14.9. The van der Waals surface area contributed by atoms with Gasteiger partial charge in [0.05, 0.1) is 0 Å². The molecule has 0 bridgehead atoms. The molecule has 0 spiro atoms. The van der Waals surface area contributed by atoms with Crippen LogP contribution in [0.25, 0.3) is 0 Å². The second kappa shape index (κ2) is 5.32. The Balaban J connectivity index is 1.87. The summed E-state index contributed by atoms with van der Waals surface area (Å²) in [5.41, 5.74) is -0.0576. The Morgan fingerprint density at radius 3 is 2.39 bits per heavy atom. The van der Waals surface area contributed by atoms with E-state index in [-0.39, 0.29) is 5.41 Å². The molecule has 2 fully saturated rings. The maximum Gasteiger partial charge on any atom is 0.142 e. The van der Waals surface area contributed by atoms with E-state index in [1.54, 1.807) is 0 Å². The second-order valence-corrected chi connectivity index (χ2v) is 7.39. The van der Waals surface area contributed by atoms with Gasteiger partial charge in [-0.3, -0.25) is 9.69 Å². The van der Waals surface area contributed by atoms with E-state index in [0.717, 1.165) is 31.3 Å². The number of hydrogen-bond donors (Lipinski definition) is 0. The lowest BCUT2D eigenvalue weighted by Gasteiger charge is -2.26. The molecule has 18 heavy (non-hydrogen) atoms. The van der Waals surface area contributed by atoms with Gasteiger partial charge in [-0.05, 0) is 44.6 Å². The molecule has 1 unspecified atom stereocenters. The summed E-state index contributed by atoms with van der Waals surface area (Å²) in [6, 6.07) is 0.792. The van der Waals surface area contributed by atoms with Crippen LogP contribution >= 0.6 is 0 Å². The average molecular weight is 251 g/mol. The van der Waals surface area contributed by atoms with Crippen molar-refractivity contribution in [2.24, 2.45) is 17.3 Å². The van der Waals surface area contributed by atoms with Crippen molar-refractivity contribution in [1.82, 2.24) is 4.90 Å². The van der Waals surface area contributed by atoms with Gasteiger partial charge in [-0.1, -0.05) is 27.7 Å². The number of carbonyl (C=O) groups is 1. The van der Waals surface area contributed by atoms with Crippen LogP contribution in [0.5, 0.6) is 0 Å². The SMILES string of the molecule is CC(C)CCN(CC1CCC(C)(C)C1=O)C1CC1. The molecular formula is C16H29NO. The highest BCUT2D eigenvalue weighted by Crippen LogP contribution is 2.39. The molecule has 2 nitrogen and oxygen atoms in total. The van der Waals surface area contributed by atoms with Gasteiger partial charge in [0.15, 0.2) is 0 Å². The van der Waals surface area contributed by atoms with Gasteiger partial charge in [0.2, 0.25) is 0 Å². The molecule has 0 aliphatic heterocycles. The van der Waals surface area contributed by atoms with Crippen LogP contribution in [0, 0.1) is 17.3 Å².